The number of furan rings is 1. The quantitative estimate of drug-likeness (QED) is 0.648. The lowest BCUT2D eigenvalue weighted by molar-refractivity contribution is -0.389. The van der Waals surface area contributed by atoms with E-state index in [-0.39, 0.29) is 11.9 Å². The number of hydrogen-bond donors (Lipinski definition) is 1. The molecule has 0 spiro atoms. The largest absolute Gasteiger partial charge is 0.469 e. The Labute approximate surface area is 104 Å². The van der Waals surface area contributed by atoms with E-state index in [1.54, 1.807) is 12.3 Å². The number of nitrogens with one attached hydrogen (secondary N) is 1. The summed E-state index contributed by atoms with van der Waals surface area (Å²) in [6.07, 6.45) is 3.83. The minimum absolute atomic E-state index is 0.152. The third-order valence-corrected chi connectivity index (χ3v) is 2.44. The summed E-state index contributed by atoms with van der Waals surface area (Å²) in [4.78, 5) is 13.7. The fourth-order valence-corrected chi connectivity index (χ4v) is 1.65. The Hall–Kier alpha value is -2.37. The molecule has 0 saturated carbocycles. The molecule has 2 aromatic heterocycles. The molecule has 94 valence electrons. The van der Waals surface area contributed by atoms with Gasteiger partial charge in [0.1, 0.15) is 5.76 Å². The highest BCUT2D eigenvalue weighted by Crippen LogP contribution is 2.14. The van der Waals surface area contributed by atoms with E-state index in [4.69, 9.17) is 4.42 Å². The van der Waals surface area contributed by atoms with E-state index < -0.39 is 4.92 Å². The molecule has 18 heavy (non-hydrogen) atoms. The summed E-state index contributed by atoms with van der Waals surface area (Å²) >= 11 is 0. The molecular formula is C12H13N3O3. The SMILES string of the molecule is CC(Cc1ccco1)Nc1ccc([N+](=O)[O-])nc1. The van der Waals surface area contributed by atoms with Crippen molar-refractivity contribution < 1.29 is 9.34 Å². The van der Waals surface area contributed by atoms with Gasteiger partial charge in [-0.2, -0.15) is 0 Å². The molecule has 1 unspecified atom stereocenters. The molecule has 1 N–H and O–H groups in total. The second-order valence-corrected chi connectivity index (χ2v) is 3.99. The lowest BCUT2D eigenvalue weighted by Crippen LogP contribution is -2.17. The maximum atomic E-state index is 10.5. The van der Waals surface area contributed by atoms with Crippen LogP contribution in [0.25, 0.3) is 0 Å². The van der Waals surface area contributed by atoms with Crippen LogP contribution in [0.5, 0.6) is 0 Å². The fraction of sp³-hybridized carbons (Fsp3) is 0.250. The van der Waals surface area contributed by atoms with Crippen molar-refractivity contribution in [2.45, 2.75) is 19.4 Å². The third kappa shape index (κ3) is 3.07. The lowest BCUT2D eigenvalue weighted by atomic mass is 10.2. The van der Waals surface area contributed by atoms with Crippen molar-refractivity contribution in [2.24, 2.45) is 0 Å². The molecule has 2 aromatic rings. The van der Waals surface area contributed by atoms with Crippen molar-refractivity contribution in [1.29, 1.82) is 0 Å². The molecule has 0 aromatic carbocycles. The summed E-state index contributed by atoms with van der Waals surface area (Å²) in [5.74, 6) is 0.740. The van der Waals surface area contributed by atoms with Crippen LogP contribution in [0, 0.1) is 10.1 Å². The standard InChI is InChI=1S/C12H13N3O3/c1-9(7-11-3-2-6-18-11)14-10-4-5-12(13-8-10)15(16)17/h2-6,8-9,14H,7H2,1H3. The highest BCUT2D eigenvalue weighted by molar-refractivity contribution is 5.44. The molecule has 1 atom stereocenters. The van der Waals surface area contributed by atoms with E-state index in [9.17, 15) is 10.1 Å². The predicted octanol–water partition coefficient (Wildman–Crippen LogP) is 2.63. The molecular weight excluding hydrogens is 234 g/mol. The van der Waals surface area contributed by atoms with Gasteiger partial charge in [-0.1, -0.05) is 0 Å². The first-order valence-electron chi connectivity index (χ1n) is 5.54. The minimum Gasteiger partial charge on any atom is -0.469 e. The molecule has 2 rings (SSSR count). The van der Waals surface area contributed by atoms with Crippen LogP contribution in [-0.4, -0.2) is 15.9 Å². The van der Waals surface area contributed by atoms with Crippen LogP contribution < -0.4 is 5.32 Å². The number of pyridine rings is 1. The van der Waals surface area contributed by atoms with Crippen LogP contribution in [-0.2, 0) is 6.42 Å². The molecule has 6 heteroatoms. The monoisotopic (exact) mass is 247 g/mol. The van der Waals surface area contributed by atoms with Gasteiger partial charge in [0, 0.05) is 18.5 Å². The van der Waals surface area contributed by atoms with Crippen LogP contribution in [0.15, 0.2) is 41.1 Å². The Morgan fingerprint density at radius 1 is 1.50 bits per heavy atom. The highest BCUT2D eigenvalue weighted by atomic mass is 16.6. The van der Waals surface area contributed by atoms with Gasteiger partial charge in [-0.15, -0.1) is 0 Å². The topological polar surface area (TPSA) is 81.2 Å². The van der Waals surface area contributed by atoms with E-state index in [2.05, 4.69) is 10.3 Å². The van der Waals surface area contributed by atoms with Gasteiger partial charge in [-0.05, 0) is 35.0 Å². The van der Waals surface area contributed by atoms with Gasteiger partial charge in [0.2, 0.25) is 0 Å². The van der Waals surface area contributed by atoms with E-state index in [1.165, 1.54) is 12.3 Å². The van der Waals surface area contributed by atoms with Gasteiger partial charge < -0.3 is 19.8 Å². The molecule has 0 bridgehead atoms. The number of hydrogen-bond acceptors (Lipinski definition) is 5. The Kier molecular flexibility index (Phi) is 3.57. The van der Waals surface area contributed by atoms with E-state index in [1.807, 2.05) is 19.1 Å². The van der Waals surface area contributed by atoms with Gasteiger partial charge in [0.25, 0.3) is 0 Å². The molecule has 0 aliphatic heterocycles. The van der Waals surface area contributed by atoms with Crippen LogP contribution in [0.1, 0.15) is 12.7 Å². The second-order valence-electron chi connectivity index (χ2n) is 3.99. The average molecular weight is 247 g/mol. The lowest BCUT2D eigenvalue weighted by Gasteiger charge is -2.12. The van der Waals surface area contributed by atoms with E-state index in [0.29, 0.717) is 0 Å². The first kappa shape index (κ1) is 12.1. The van der Waals surface area contributed by atoms with Gasteiger partial charge in [0.05, 0.1) is 12.0 Å². The fourth-order valence-electron chi connectivity index (χ4n) is 1.65. The predicted molar refractivity (Wildman–Crippen MR) is 66.4 cm³/mol. The maximum Gasteiger partial charge on any atom is 0.363 e. The molecule has 0 saturated heterocycles. The molecule has 0 amide bonds. The van der Waals surface area contributed by atoms with Crippen LogP contribution in [0.4, 0.5) is 11.5 Å². The number of nitro groups is 1. The number of rotatable bonds is 5. The molecule has 0 aliphatic rings. The molecule has 0 fully saturated rings. The minimum atomic E-state index is -0.518. The zero-order chi connectivity index (χ0) is 13.0. The first-order chi connectivity index (χ1) is 8.65. The Morgan fingerprint density at radius 2 is 2.33 bits per heavy atom. The third-order valence-electron chi connectivity index (χ3n) is 2.44. The van der Waals surface area contributed by atoms with Crippen molar-refractivity contribution in [3.05, 3.63) is 52.6 Å². The van der Waals surface area contributed by atoms with E-state index >= 15 is 0 Å². The second kappa shape index (κ2) is 5.31. The van der Waals surface area contributed by atoms with Gasteiger partial charge in [-0.25, -0.2) is 0 Å². The molecule has 0 radical (unpaired) electrons. The summed E-state index contributed by atoms with van der Waals surface area (Å²) in [5, 5.41) is 13.7. The summed E-state index contributed by atoms with van der Waals surface area (Å²) in [7, 11) is 0. The Balaban J connectivity index is 1.94. The Bertz CT molecular complexity index is 508. The number of anilines is 1. The van der Waals surface area contributed by atoms with Crippen LogP contribution in [0.2, 0.25) is 0 Å². The van der Waals surface area contributed by atoms with Crippen molar-refractivity contribution >= 4 is 11.5 Å². The highest BCUT2D eigenvalue weighted by Gasteiger charge is 2.09. The zero-order valence-corrected chi connectivity index (χ0v) is 9.87. The zero-order valence-electron chi connectivity index (χ0n) is 9.87. The van der Waals surface area contributed by atoms with Crippen molar-refractivity contribution in [3.8, 4) is 0 Å². The summed E-state index contributed by atoms with van der Waals surface area (Å²) in [6.45, 7) is 2.00. The van der Waals surface area contributed by atoms with Gasteiger partial charge in [0.15, 0.2) is 6.20 Å². The summed E-state index contributed by atoms with van der Waals surface area (Å²) in [6, 6.07) is 6.92. The molecule has 0 aliphatic carbocycles. The van der Waals surface area contributed by atoms with Crippen LogP contribution >= 0.6 is 0 Å². The molecule has 2 heterocycles. The van der Waals surface area contributed by atoms with Crippen LogP contribution in [0.3, 0.4) is 0 Å². The van der Waals surface area contributed by atoms with Gasteiger partial charge in [-0.3, -0.25) is 0 Å². The normalized spacial score (nSPS) is 12.1. The smallest absolute Gasteiger partial charge is 0.363 e. The summed E-state index contributed by atoms with van der Waals surface area (Å²) < 4.78 is 5.25. The number of nitrogens with zero attached hydrogens (tertiary/aromatic N) is 2. The summed E-state index contributed by atoms with van der Waals surface area (Å²) in [5.41, 5.74) is 0.750. The van der Waals surface area contributed by atoms with Gasteiger partial charge >= 0.3 is 5.82 Å². The van der Waals surface area contributed by atoms with Crippen molar-refractivity contribution in [2.75, 3.05) is 5.32 Å². The molecule has 6 nitrogen and oxygen atoms in total. The van der Waals surface area contributed by atoms with Crippen molar-refractivity contribution in [1.82, 2.24) is 4.98 Å². The maximum absolute atomic E-state index is 10.5. The van der Waals surface area contributed by atoms with Crippen molar-refractivity contribution in [3.63, 3.8) is 0 Å². The van der Waals surface area contributed by atoms with E-state index in [0.717, 1.165) is 17.9 Å². The first-order valence-corrected chi connectivity index (χ1v) is 5.54. The number of aromatic nitrogens is 1. The Morgan fingerprint density at radius 3 is 2.89 bits per heavy atom. The average Bonchev–Trinajstić information content (AvgIpc) is 2.82.